The minimum Gasteiger partial charge on any atom is -0.336 e. The first-order valence-corrected chi connectivity index (χ1v) is 8.68. The minimum atomic E-state index is 0.0736. The van der Waals surface area contributed by atoms with Crippen molar-refractivity contribution in [2.45, 2.75) is 32.2 Å². The fourth-order valence-electron chi connectivity index (χ4n) is 3.23. The molecule has 1 amide bonds. The maximum absolute atomic E-state index is 12.9. The van der Waals surface area contributed by atoms with Gasteiger partial charge in [0, 0.05) is 25.0 Å². The van der Waals surface area contributed by atoms with Crippen molar-refractivity contribution in [1.29, 1.82) is 0 Å². The first kappa shape index (κ1) is 16.6. The van der Waals surface area contributed by atoms with E-state index in [0.717, 1.165) is 50.3 Å². The van der Waals surface area contributed by atoms with Crippen LogP contribution in [0.3, 0.4) is 0 Å². The van der Waals surface area contributed by atoms with E-state index in [2.05, 4.69) is 15.3 Å². The molecule has 0 aliphatic carbocycles. The van der Waals surface area contributed by atoms with Crippen molar-refractivity contribution >= 4 is 5.91 Å². The first-order valence-electron chi connectivity index (χ1n) is 8.68. The second-order valence-corrected chi connectivity index (χ2v) is 6.07. The quantitative estimate of drug-likeness (QED) is 0.939. The fourth-order valence-corrected chi connectivity index (χ4v) is 3.23. The van der Waals surface area contributed by atoms with Crippen molar-refractivity contribution in [3.63, 3.8) is 0 Å². The lowest BCUT2D eigenvalue weighted by atomic mass is 10.1. The molecule has 24 heavy (non-hydrogen) atoms. The van der Waals surface area contributed by atoms with Crippen LogP contribution < -0.4 is 5.32 Å². The Morgan fingerprint density at radius 1 is 1.17 bits per heavy atom. The second kappa shape index (κ2) is 8.02. The average molecular weight is 324 g/mol. The fraction of sp³-hybridized carbons (Fsp3) is 0.421. The van der Waals surface area contributed by atoms with E-state index < -0.39 is 0 Å². The lowest BCUT2D eigenvalue weighted by Crippen LogP contribution is -2.40. The summed E-state index contributed by atoms with van der Waals surface area (Å²) in [7, 11) is 0. The van der Waals surface area contributed by atoms with Crippen molar-refractivity contribution in [3.8, 4) is 11.4 Å². The summed E-state index contributed by atoms with van der Waals surface area (Å²) < 4.78 is 0. The molecule has 1 unspecified atom stereocenters. The number of pyridine rings is 2. The summed E-state index contributed by atoms with van der Waals surface area (Å²) in [4.78, 5) is 23.6. The van der Waals surface area contributed by atoms with Crippen molar-refractivity contribution in [2.24, 2.45) is 0 Å². The van der Waals surface area contributed by atoms with Crippen LogP contribution in [-0.4, -0.2) is 46.5 Å². The molecule has 1 aliphatic rings. The number of hydrogen-bond acceptors (Lipinski definition) is 4. The van der Waals surface area contributed by atoms with E-state index in [1.165, 1.54) is 0 Å². The van der Waals surface area contributed by atoms with Crippen molar-refractivity contribution < 1.29 is 4.79 Å². The van der Waals surface area contributed by atoms with E-state index in [1.807, 2.05) is 42.2 Å². The van der Waals surface area contributed by atoms with E-state index >= 15 is 0 Å². The van der Waals surface area contributed by atoms with Crippen LogP contribution in [0.2, 0.25) is 0 Å². The Hall–Kier alpha value is -2.27. The molecule has 1 aliphatic heterocycles. The van der Waals surface area contributed by atoms with Crippen LogP contribution in [0.5, 0.6) is 0 Å². The van der Waals surface area contributed by atoms with Gasteiger partial charge < -0.3 is 10.2 Å². The van der Waals surface area contributed by atoms with Crippen molar-refractivity contribution in [2.75, 3.05) is 19.6 Å². The highest BCUT2D eigenvalue weighted by Crippen LogP contribution is 2.18. The number of amides is 1. The Kier molecular flexibility index (Phi) is 5.54. The topological polar surface area (TPSA) is 58.1 Å². The summed E-state index contributed by atoms with van der Waals surface area (Å²) in [6, 6.07) is 9.77. The van der Waals surface area contributed by atoms with Crippen molar-refractivity contribution in [1.82, 2.24) is 20.2 Å². The smallest absolute Gasteiger partial charge is 0.255 e. The first-order chi connectivity index (χ1) is 11.8. The molecule has 0 aromatic carbocycles. The molecule has 1 N–H and O–H groups in total. The van der Waals surface area contributed by atoms with Gasteiger partial charge in [-0.05, 0) is 63.5 Å². The van der Waals surface area contributed by atoms with Crippen molar-refractivity contribution in [3.05, 3.63) is 48.3 Å². The molecule has 1 fully saturated rings. The molecule has 3 heterocycles. The number of nitrogens with zero attached hydrogens (tertiary/aromatic N) is 3. The molecular weight excluding hydrogens is 300 g/mol. The van der Waals surface area contributed by atoms with Gasteiger partial charge in [0.1, 0.15) is 0 Å². The summed E-state index contributed by atoms with van der Waals surface area (Å²) in [6.45, 7) is 4.80. The van der Waals surface area contributed by atoms with Gasteiger partial charge in [-0.2, -0.15) is 0 Å². The SMILES string of the molecule is CCN(C(=O)c1ccc(-c2ccccn2)nc1)C1CCCNCC1. The molecule has 5 heteroatoms. The summed E-state index contributed by atoms with van der Waals surface area (Å²) in [5.74, 6) is 0.0736. The molecule has 0 bridgehead atoms. The Morgan fingerprint density at radius 2 is 2.04 bits per heavy atom. The summed E-state index contributed by atoms with van der Waals surface area (Å²) in [5.41, 5.74) is 2.25. The number of hydrogen-bond donors (Lipinski definition) is 1. The predicted molar refractivity (Wildman–Crippen MR) is 94.7 cm³/mol. The zero-order valence-corrected chi connectivity index (χ0v) is 14.1. The number of carbonyl (C=O) groups is 1. The van der Waals surface area contributed by atoms with Crippen LogP contribution in [0.25, 0.3) is 11.4 Å². The number of carbonyl (C=O) groups excluding carboxylic acids is 1. The van der Waals surface area contributed by atoms with Gasteiger partial charge >= 0.3 is 0 Å². The van der Waals surface area contributed by atoms with Crippen LogP contribution in [0.4, 0.5) is 0 Å². The molecule has 2 aromatic rings. The minimum absolute atomic E-state index is 0.0736. The van der Waals surface area contributed by atoms with Gasteiger partial charge in [-0.3, -0.25) is 14.8 Å². The molecule has 126 valence electrons. The monoisotopic (exact) mass is 324 g/mol. The molecule has 3 rings (SSSR count). The lowest BCUT2D eigenvalue weighted by Gasteiger charge is -2.30. The van der Waals surface area contributed by atoms with Gasteiger partial charge in [0.05, 0.1) is 17.0 Å². The highest BCUT2D eigenvalue weighted by Gasteiger charge is 2.24. The highest BCUT2D eigenvalue weighted by atomic mass is 16.2. The van der Waals surface area contributed by atoms with Crippen LogP contribution in [0.1, 0.15) is 36.5 Å². The molecule has 5 nitrogen and oxygen atoms in total. The van der Waals surface area contributed by atoms with Gasteiger partial charge in [-0.1, -0.05) is 6.07 Å². The zero-order chi connectivity index (χ0) is 16.8. The number of nitrogens with one attached hydrogen (secondary N) is 1. The third kappa shape index (κ3) is 3.79. The number of rotatable bonds is 4. The Morgan fingerprint density at radius 3 is 2.75 bits per heavy atom. The van der Waals surface area contributed by atoms with Gasteiger partial charge in [0.15, 0.2) is 0 Å². The molecule has 2 aromatic heterocycles. The molecule has 0 radical (unpaired) electrons. The standard InChI is InChI=1S/C19H24N4O/c1-2-23(16-6-5-11-20-13-10-16)19(24)15-8-9-18(22-14-15)17-7-3-4-12-21-17/h3-4,7-9,12,14,16,20H,2,5-6,10-11,13H2,1H3. The largest absolute Gasteiger partial charge is 0.336 e. The third-order valence-electron chi connectivity index (χ3n) is 4.53. The van der Waals surface area contributed by atoms with E-state index in [9.17, 15) is 4.79 Å². The molecule has 0 spiro atoms. The van der Waals surface area contributed by atoms with Gasteiger partial charge in [0.2, 0.25) is 0 Å². The normalized spacial score (nSPS) is 18.0. The molecular formula is C19H24N4O. The van der Waals surface area contributed by atoms with Crippen LogP contribution in [0.15, 0.2) is 42.7 Å². The van der Waals surface area contributed by atoms with Crippen LogP contribution in [0, 0.1) is 0 Å². The molecule has 1 atom stereocenters. The predicted octanol–water partition coefficient (Wildman–Crippen LogP) is 2.75. The van der Waals surface area contributed by atoms with E-state index in [4.69, 9.17) is 0 Å². The van der Waals surface area contributed by atoms with Gasteiger partial charge in [-0.25, -0.2) is 0 Å². The van der Waals surface area contributed by atoms with Gasteiger partial charge in [0.25, 0.3) is 5.91 Å². The second-order valence-electron chi connectivity index (χ2n) is 6.07. The third-order valence-corrected chi connectivity index (χ3v) is 4.53. The number of aromatic nitrogens is 2. The average Bonchev–Trinajstić information content (AvgIpc) is 2.92. The molecule has 1 saturated heterocycles. The highest BCUT2D eigenvalue weighted by molar-refractivity contribution is 5.94. The summed E-state index contributed by atoms with van der Waals surface area (Å²) >= 11 is 0. The molecule has 0 saturated carbocycles. The Bertz CT molecular complexity index is 649. The summed E-state index contributed by atoms with van der Waals surface area (Å²) in [6.07, 6.45) is 6.61. The van der Waals surface area contributed by atoms with Gasteiger partial charge in [-0.15, -0.1) is 0 Å². The van der Waals surface area contributed by atoms with E-state index in [0.29, 0.717) is 11.6 Å². The Labute approximate surface area is 143 Å². The maximum atomic E-state index is 12.9. The maximum Gasteiger partial charge on any atom is 0.255 e. The Balaban J connectivity index is 1.75. The lowest BCUT2D eigenvalue weighted by molar-refractivity contribution is 0.0676. The van der Waals surface area contributed by atoms with E-state index in [1.54, 1.807) is 12.4 Å². The zero-order valence-electron chi connectivity index (χ0n) is 14.1. The summed E-state index contributed by atoms with van der Waals surface area (Å²) in [5, 5.41) is 3.40. The van der Waals surface area contributed by atoms with Crippen LogP contribution in [-0.2, 0) is 0 Å². The van der Waals surface area contributed by atoms with E-state index in [-0.39, 0.29) is 5.91 Å². The van der Waals surface area contributed by atoms with Crippen LogP contribution >= 0.6 is 0 Å².